The molecular formula is C24H32O5. The molecule has 29 heavy (non-hydrogen) atoms. The number of aliphatic hydroxyl groups is 1. The Labute approximate surface area is 172 Å². The number of fused-ring (bicyclic) bond motifs is 5. The van der Waals surface area contributed by atoms with Crippen LogP contribution in [0.2, 0.25) is 0 Å². The fourth-order valence-electron chi connectivity index (χ4n) is 7.77. The van der Waals surface area contributed by atoms with Crippen molar-refractivity contribution in [3.63, 3.8) is 0 Å². The summed E-state index contributed by atoms with van der Waals surface area (Å²) in [6, 6.07) is 0. The van der Waals surface area contributed by atoms with E-state index in [1.807, 2.05) is 0 Å². The Morgan fingerprint density at radius 1 is 1.10 bits per heavy atom. The number of ether oxygens (including phenoxy) is 1. The van der Waals surface area contributed by atoms with Gasteiger partial charge in [0.25, 0.3) is 0 Å². The molecule has 4 aliphatic rings. The molecule has 0 aromatic carbocycles. The van der Waals surface area contributed by atoms with Gasteiger partial charge in [-0.3, -0.25) is 14.4 Å². The number of carbonyl (C=O) groups excluding carboxylic acids is 3. The zero-order valence-electron chi connectivity index (χ0n) is 18.1. The van der Waals surface area contributed by atoms with Gasteiger partial charge >= 0.3 is 5.97 Å². The summed E-state index contributed by atoms with van der Waals surface area (Å²) in [5.74, 6) is 0.551. The standard InChI is InChI=1S/C24H32O5/c1-13-10-17-18-7-9-24(14(2)25,29-15(3)26)22(18,4)8-6-19(17)23(5)20(13)11-16(27)12-21(23)28/h11-13,17-19,28H,6-10H2,1-5H3/t13?,17-,18-,19-,22-,23+,24-/m0/s1. The Kier molecular flexibility index (Phi) is 4.42. The Morgan fingerprint density at radius 2 is 1.76 bits per heavy atom. The normalized spacial score (nSPS) is 46.0. The van der Waals surface area contributed by atoms with Gasteiger partial charge in [0.15, 0.2) is 17.2 Å². The van der Waals surface area contributed by atoms with Gasteiger partial charge in [-0.25, -0.2) is 0 Å². The van der Waals surface area contributed by atoms with Crippen LogP contribution in [0.15, 0.2) is 23.5 Å². The quantitative estimate of drug-likeness (QED) is 0.698. The molecule has 5 nitrogen and oxygen atoms in total. The van der Waals surface area contributed by atoms with Crippen molar-refractivity contribution in [1.82, 2.24) is 0 Å². The zero-order valence-corrected chi connectivity index (χ0v) is 18.1. The maximum atomic E-state index is 12.8. The smallest absolute Gasteiger partial charge is 0.303 e. The number of hydrogen-bond acceptors (Lipinski definition) is 5. The minimum atomic E-state index is -1.05. The fraction of sp³-hybridized carbons (Fsp3) is 0.708. The topological polar surface area (TPSA) is 80.7 Å². The second-order valence-electron chi connectivity index (χ2n) is 10.2. The molecule has 0 aliphatic heterocycles. The second-order valence-corrected chi connectivity index (χ2v) is 10.2. The van der Waals surface area contributed by atoms with Crippen molar-refractivity contribution in [2.45, 2.75) is 72.3 Å². The molecule has 4 aliphatic carbocycles. The van der Waals surface area contributed by atoms with Gasteiger partial charge in [-0.05, 0) is 81.3 Å². The lowest BCUT2D eigenvalue weighted by molar-refractivity contribution is -0.187. The number of carbonyl (C=O) groups is 3. The van der Waals surface area contributed by atoms with Crippen molar-refractivity contribution >= 4 is 17.5 Å². The minimum Gasteiger partial charge on any atom is -0.511 e. The SMILES string of the molecule is CC(=O)O[C@]1(C(C)=O)CC[C@H]2[C@@H]3CC(C)C4=CC(=O)C=C(O)[C@]4(C)[C@H]3CC[C@@]21C. The summed E-state index contributed by atoms with van der Waals surface area (Å²) in [5, 5.41) is 10.9. The van der Waals surface area contributed by atoms with E-state index in [0.29, 0.717) is 12.3 Å². The second kappa shape index (κ2) is 6.29. The third kappa shape index (κ3) is 2.48. The van der Waals surface area contributed by atoms with Crippen molar-refractivity contribution in [3.05, 3.63) is 23.5 Å². The van der Waals surface area contributed by atoms with Gasteiger partial charge < -0.3 is 9.84 Å². The molecule has 0 aromatic rings. The number of hydrogen-bond donors (Lipinski definition) is 1. The van der Waals surface area contributed by atoms with E-state index >= 15 is 0 Å². The van der Waals surface area contributed by atoms with Gasteiger partial charge in [0.05, 0.1) is 0 Å². The molecule has 7 atom stereocenters. The maximum Gasteiger partial charge on any atom is 0.303 e. The van der Waals surface area contributed by atoms with E-state index in [9.17, 15) is 19.5 Å². The van der Waals surface area contributed by atoms with Crippen LogP contribution in [0.4, 0.5) is 0 Å². The van der Waals surface area contributed by atoms with Crippen LogP contribution in [-0.2, 0) is 19.1 Å². The van der Waals surface area contributed by atoms with Crippen molar-refractivity contribution in [2.75, 3.05) is 0 Å². The van der Waals surface area contributed by atoms with Crippen molar-refractivity contribution in [2.24, 2.45) is 34.5 Å². The molecular weight excluding hydrogens is 368 g/mol. The van der Waals surface area contributed by atoms with E-state index < -0.39 is 22.4 Å². The van der Waals surface area contributed by atoms with E-state index in [1.54, 1.807) is 13.0 Å². The molecule has 158 valence electrons. The fourth-order valence-corrected chi connectivity index (χ4v) is 7.77. The maximum absolute atomic E-state index is 12.8. The first kappa shape index (κ1) is 20.4. The minimum absolute atomic E-state index is 0.0576. The Bertz CT molecular complexity index is 853. The molecule has 0 aromatic heterocycles. The number of allylic oxidation sites excluding steroid dienone is 3. The Morgan fingerprint density at radius 3 is 2.38 bits per heavy atom. The summed E-state index contributed by atoms with van der Waals surface area (Å²) in [4.78, 5) is 36.8. The van der Waals surface area contributed by atoms with Crippen LogP contribution in [0.3, 0.4) is 0 Å². The number of aliphatic hydroxyl groups excluding tert-OH is 1. The molecule has 1 N–H and O–H groups in total. The van der Waals surface area contributed by atoms with Crippen LogP contribution in [0.1, 0.15) is 66.7 Å². The van der Waals surface area contributed by atoms with Gasteiger partial charge in [0.1, 0.15) is 5.76 Å². The molecule has 0 heterocycles. The van der Waals surface area contributed by atoms with E-state index in [0.717, 1.165) is 31.3 Å². The van der Waals surface area contributed by atoms with Crippen molar-refractivity contribution < 1.29 is 24.2 Å². The summed E-state index contributed by atoms with van der Waals surface area (Å²) < 4.78 is 5.80. The van der Waals surface area contributed by atoms with E-state index in [-0.39, 0.29) is 35.1 Å². The Balaban J connectivity index is 1.77. The molecule has 0 saturated heterocycles. The number of esters is 1. The lowest BCUT2D eigenvalue weighted by Crippen LogP contribution is -2.59. The number of rotatable bonds is 2. The summed E-state index contributed by atoms with van der Waals surface area (Å²) in [5.41, 5.74) is -0.925. The van der Waals surface area contributed by atoms with Crippen LogP contribution in [0, 0.1) is 34.5 Å². The first-order valence-corrected chi connectivity index (χ1v) is 10.8. The monoisotopic (exact) mass is 400 g/mol. The van der Waals surface area contributed by atoms with E-state index in [2.05, 4.69) is 20.8 Å². The van der Waals surface area contributed by atoms with Crippen LogP contribution in [0.5, 0.6) is 0 Å². The summed E-state index contributed by atoms with van der Waals surface area (Å²) in [6.45, 7) is 9.28. The number of ketones is 2. The molecule has 4 rings (SSSR count). The molecule has 0 spiro atoms. The van der Waals surface area contributed by atoms with Crippen molar-refractivity contribution in [1.29, 1.82) is 0 Å². The molecule has 0 amide bonds. The first-order chi connectivity index (χ1) is 13.5. The molecule has 5 heteroatoms. The van der Waals surface area contributed by atoms with Crippen LogP contribution < -0.4 is 0 Å². The molecule has 0 bridgehead atoms. The van der Waals surface area contributed by atoms with Crippen LogP contribution >= 0.6 is 0 Å². The number of Topliss-reactive ketones (excluding diaryl/α,β-unsaturated/α-hetero) is 1. The van der Waals surface area contributed by atoms with Crippen LogP contribution in [0.25, 0.3) is 0 Å². The molecule has 0 radical (unpaired) electrons. The highest BCUT2D eigenvalue weighted by Crippen LogP contribution is 2.69. The average molecular weight is 401 g/mol. The third-order valence-corrected chi connectivity index (χ3v) is 9.05. The van der Waals surface area contributed by atoms with E-state index in [1.165, 1.54) is 13.0 Å². The predicted octanol–water partition coefficient (Wildman–Crippen LogP) is 4.32. The first-order valence-electron chi connectivity index (χ1n) is 10.8. The third-order valence-electron chi connectivity index (χ3n) is 9.05. The summed E-state index contributed by atoms with van der Waals surface area (Å²) in [7, 11) is 0. The Hall–Kier alpha value is -1.91. The van der Waals surface area contributed by atoms with E-state index in [4.69, 9.17) is 4.74 Å². The molecule has 1 unspecified atom stereocenters. The average Bonchev–Trinajstić information content (AvgIpc) is 2.91. The van der Waals surface area contributed by atoms with Gasteiger partial charge in [0, 0.05) is 23.8 Å². The summed E-state index contributed by atoms with van der Waals surface area (Å²) in [6.07, 6.45) is 7.05. The largest absolute Gasteiger partial charge is 0.511 e. The highest BCUT2D eigenvalue weighted by molar-refractivity contribution is 6.01. The molecule has 3 saturated carbocycles. The van der Waals surface area contributed by atoms with Crippen LogP contribution in [-0.4, -0.2) is 28.2 Å². The predicted molar refractivity (Wildman–Crippen MR) is 108 cm³/mol. The lowest BCUT2D eigenvalue weighted by atomic mass is 9.45. The van der Waals surface area contributed by atoms with Gasteiger partial charge in [-0.15, -0.1) is 0 Å². The van der Waals surface area contributed by atoms with Gasteiger partial charge in [-0.1, -0.05) is 13.8 Å². The van der Waals surface area contributed by atoms with Gasteiger partial charge in [-0.2, -0.15) is 0 Å². The highest BCUT2D eigenvalue weighted by atomic mass is 16.6. The molecule has 3 fully saturated rings. The van der Waals surface area contributed by atoms with Gasteiger partial charge in [0.2, 0.25) is 0 Å². The van der Waals surface area contributed by atoms with Crippen molar-refractivity contribution in [3.8, 4) is 0 Å². The zero-order chi connectivity index (χ0) is 21.4. The lowest BCUT2D eigenvalue weighted by Gasteiger charge is -2.59. The summed E-state index contributed by atoms with van der Waals surface area (Å²) >= 11 is 0. The highest BCUT2D eigenvalue weighted by Gasteiger charge is 2.68.